The lowest BCUT2D eigenvalue weighted by molar-refractivity contribution is 0.545. The summed E-state index contributed by atoms with van der Waals surface area (Å²) in [4.78, 5) is 4.19. The highest BCUT2D eigenvalue weighted by Crippen LogP contribution is 2.06. The van der Waals surface area contributed by atoms with E-state index < -0.39 is 15.6 Å². The summed E-state index contributed by atoms with van der Waals surface area (Å²) in [6.07, 6.45) is 1.98. The van der Waals surface area contributed by atoms with Crippen molar-refractivity contribution in [1.29, 1.82) is 0 Å². The van der Waals surface area contributed by atoms with Gasteiger partial charge in [0.05, 0.1) is 16.3 Å². The number of nitrogens with one attached hydrogen (secondary N) is 1. The number of pyridine rings is 1. The van der Waals surface area contributed by atoms with Gasteiger partial charge in [0.2, 0.25) is 10.0 Å². The molecule has 0 saturated carbocycles. The van der Waals surface area contributed by atoms with E-state index in [1.165, 1.54) is 0 Å². The molecule has 1 heterocycles. The molecular weight excluding hydrogens is 270 g/mol. The van der Waals surface area contributed by atoms with Gasteiger partial charge in [-0.2, -0.15) is 0 Å². The maximum absolute atomic E-state index is 11.9. The molecule has 0 spiro atoms. The van der Waals surface area contributed by atoms with Crippen molar-refractivity contribution in [3.8, 4) is 0 Å². The maximum atomic E-state index is 11.9. The van der Waals surface area contributed by atoms with E-state index in [4.69, 9.17) is 18.0 Å². The van der Waals surface area contributed by atoms with Crippen molar-refractivity contribution in [1.82, 2.24) is 9.71 Å². The second kappa shape index (κ2) is 5.73. The lowest BCUT2D eigenvalue weighted by Gasteiger charge is -2.24. The molecule has 0 atom stereocenters. The number of sulfonamides is 1. The van der Waals surface area contributed by atoms with Gasteiger partial charge >= 0.3 is 0 Å². The zero-order valence-electron chi connectivity index (χ0n) is 10.4. The van der Waals surface area contributed by atoms with Crippen molar-refractivity contribution in [3.05, 3.63) is 30.1 Å². The van der Waals surface area contributed by atoms with Gasteiger partial charge in [0, 0.05) is 18.3 Å². The van der Waals surface area contributed by atoms with E-state index in [1.54, 1.807) is 32.2 Å². The Labute approximate surface area is 113 Å². The number of rotatable bonds is 6. The monoisotopic (exact) mass is 287 g/mol. The first-order chi connectivity index (χ1) is 8.23. The molecule has 0 aliphatic rings. The quantitative estimate of drug-likeness (QED) is 0.749. The molecule has 0 amide bonds. The molecule has 1 rings (SSSR count). The van der Waals surface area contributed by atoms with Crippen LogP contribution in [0.1, 0.15) is 19.5 Å². The largest absolute Gasteiger partial charge is 0.392 e. The summed E-state index contributed by atoms with van der Waals surface area (Å²) in [6.45, 7) is 3.27. The summed E-state index contributed by atoms with van der Waals surface area (Å²) in [5.41, 5.74) is 5.29. The van der Waals surface area contributed by atoms with Crippen LogP contribution in [-0.2, 0) is 16.4 Å². The Hall–Kier alpha value is -1.05. The van der Waals surface area contributed by atoms with Crippen molar-refractivity contribution in [2.45, 2.75) is 25.8 Å². The zero-order valence-corrected chi connectivity index (χ0v) is 12.0. The van der Waals surface area contributed by atoms with Crippen LogP contribution in [0.15, 0.2) is 24.4 Å². The van der Waals surface area contributed by atoms with Crippen molar-refractivity contribution < 1.29 is 8.42 Å². The van der Waals surface area contributed by atoms with E-state index in [0.29, 0.717) is 6.42 Å². The minimum Gasteiger partial charge on any atom is -0.392 e. The predicted octanol–water partition coefficient (Wildman–Crippen LogP) is 0.608. The van der Waals surface area contributed by atoms with Gasteiger partial charge < -0.3 is 5.73 Å². The third-order valence-electron chi connectivity index (χ3n) is 2.38. The third kappa shape index (κ3) is 4.67. The normalized spacial score (nSPS) is 12.3. The van der Waals surface area contributed by atoms with Gasteiger partial charge in [-0.1, -0.05) is 18.3 Å². The van der Waals surface area contributed by atoms with E-state index in [0.717, 1.165) is 5.69 Å². The molecule has 0 aliphatic carbocycles. The lowest BCUT2D eigenvalue weighted by Crippen LogP contribution is -2.52. The Morgan fingerprint density at radius 2 is 2.17 bits per heavy atom. The van der Waals surface area contributed by atoms with E-state index in [2.05, 4.69) is 9.71 Å². The van der Waals surface area contributed by atoms with Gasteiger partial charge in [-0.15, -0.1) is 0 Å². The number of aryl methyl sites for hydroxylation is 1. The van der Waals surface area contributed by atoms with Crippen LogP contribution in [0, 0.1) is 0 Å². The Kier molecular flexibility index (Phi) is 4.78. The number of hydrogen-bond donors (Lipinski definition) is 2. The summed E-state index contributed by atoms with van der Waals surface area (Å²) in [7, 11) is -3.44. The summed E-state index contributed by atoms with van der Waals surface area (Å²) in [5, 5.41) is 0. The molecule has 18 heavy (non-hydrogen) atoms. The van der Waals surface area contributed by atoms with Gasteiger partial charge in [-0.3, -0.25) is 4.98 Å². The summed E-state index contributed by atoms with van der Waals surface area (Å²) < 4.78 is 26.2. The number of nitrogens with zero attached hydrogens (tertiary/aromatic N) is 1. The van der Waals surface area contributed by atoms with Crippen LogP contribution in [0.3, 0.4) is 0 Å². The van der Waals surface area contributed by atoms with Crippen molar-refractivity contribution in [3.63, 3.8) is 0 Å². The van der Waals surface area contributed by atoms with Crippen LogP contribution >= 0.6 is 12.2 Å². The molecule has 0 aromatic carbocycles. The van der Waals surface area contributed by atoms with Crippen LogP contribution < -0.4 is 10.5 Å². The van der Waals surface area contributed by atoms with Crippen LogP contribution in [-0.4, -0.2) is 29.7 Å². The number of aromatic nitrogens is 1. The van der Waals surface area contributed by atoms with Crippen molar-refractivity contribution in [2.24, 2.45) is 5.73 Å². The van der Waals surface area contributed by atoms with Crippen molar-refractivity contribution >= 4 is 27.2 Å². The van der Waals surface area contributed by atoms with Gasteiger partial charge in [-0.25, -0.2) is 13.1 Å². The number of thiocarbonyl (C=S) groups is 1. The molecule has 0 fully saturated rings. The number of nitrogens with two attached hydrogens (primary N) is 1. The first-order valence-corrected chi connectivity index (χ1v) is 7.50. The zero-order chi connectivity index (χ0) is 13.8. The smallest absolute Gasteiger partial charge is 0.212 e. The molecular formula is C11H17N3O2S2. The molecule has 0 saturated heterocycles. The highest BCUT2D eigenvalue weighted by molar-refractivity contribution is 7.89. The first kappa shape index (κ1) is 15.0. The topological polar surface area (TPSA) is 85.1 Å². The van der Waals surface area contributed by atoms with Gasteiger partial charge in [-0.05, 0) is 26.0 Å². The average molecular weight is 287 g/mol. The first-order valence-electron chi connectivity index (χ1n) is 5.44. The highest BCUT2D eigenvalue weighted by Gasteiger charge is 2.27. The van der Waals surface area contributed by atoms with Crippen LogP contribution in [0.5, 0.6) is 0 Å². The van der Waals surface area contributed by atoms with Crippen LogP contribution in [0.25, 0.3) is 0 Å². The summed E-state index contributed by atoms with van der Waals surface area (Å²) in [6, 6.07) is 5.39. The maximum Gasteiger partial charge on any atom is 0.212 e. The molecule has 1 aromatic rings. The fourth-order valence-electron chi connectivity index (χ4n) is 1.28. The molecule has 0 aliphatic heterocycles. The molecule has 3 N–H and O–H groups in total. The molecule has 1 aromatic heterocycles. The summed E-state index contributed by atoms with van der Waals surface area (Å²) >= 11 is 4.82. The molecule has 5 nitrogen and oxygen atoms in total. The standard InChI is InChI=1S/C11H17N3O2S2/c1-11(2,10(12)17)14-18(15,16)8-6-9-5-3-4-7-13-9/h3-5,7,14H,6,8H2,1-2H3,(H2,12,17). The van der Waals surface area contributed by atoms with E-state index in [9.17, 15) is 8.42 Å². The molecule has 0 radical (unpaired) electrons. The van der Waals surface area contributed by atoms with Gasteiger partial charge in [0.1, 0.15) is 0 Å². The third-order valence-corrected chi connectivity index (χ3v) is 4.45. The SMILES string of the molecule is CC(C)(NS(=O)(=O)CCc1ccccn1)C(N)=S. The van der Waals surface area contributed by atoms with Crippen molar-refractivity contribution in [2.75, 3.05) is 5.75 Å². The second-order valence-electron chi connectivity index (χ2n) is 4.48. The van der Waals surface area contributed by atoms with Gasteiger partial charge in [0.25, 0.3) is 0 Å². The van der Waals surface area contributed by atoms with Crippen LogP contribution in [0.4, 0.5) is 0 Å². The fraction of sp³-hybridized carbons (Fsp3) is 0.455. The van der Waals surface area contributed by atoms with Crippen LogP contribution in [0.2, 0.25) is 0 Å². The summed E-state index contributed by atoms with van der Waals surface area (Å²) in [5.74, 6) is -0.0456. The second-order valence-corrected chi connectivity index (χ2v) is 6.76. The lowest BCUT2D eigenvalue weighted by atomic mass is 10.1. The minimum atomic E-state index is -3.44. The predicted molar refractivity (Wildman–Crippen MR) is 75.7 cm³/mol. The Morgan fingerprint density at radius 1 is 1.50 bits per heavy atom. The minimum absolute atomic E-state index is 0.0456. The van der Waals surface area contributed by atoms with E-state index >= 15 is 0 Å². The van der Waals surface area contributed by atoms with Gasteiger partial charge in [0.15, 0.2) is 0 Å². The molecule has 0 unspecified atom stereocenters. The average Bonchev–Trinajstić information content (AvgIpc) is 2.26. The highest BCUT2D eigenvalue weighted by atomic mass is 32.2. The molecule has 100 valence electrons. The van der Waals surface area contributed by atoms with E-state index in [-0.39, 0.29) is 10.7 Å². The number of hydrogen-bond acceptors (Lipinski definition) is 4. The van der Waals surface area contributed by atoms with E-state index in [1.807, 2.05) is 6.07 Å². The Balaban J connectivity index is 2.64. The molecule has 0 bridgehead atoms. The Bertz CT molecular complexity index is 512. The fourth-order valence-corrected chi connectivity index (χ4v) is 2.86. The molecule has 7 heteroatoms. The Morgan fingerprint density at radius 3 is 2.67 bits per heavy atom.